The highest BCUT2D eigenvalue weighted by molar-refractivity contribution is 5.98. The molecule has 1 fully saturated rings. The van der Waals surface area contributed by atoms with Crippen LogP contribution in [0.15, 0.2) is 18.2 Å². The van der Waals surface area contributed by atoms with Crippen molar-refractivity contribution < 1.29 is 4.79 Å². The maximum absolute atomic E-state index is 12.5. The first kappa shape index (κ1) is 13.1. The van der Waals surface area contributed by atoms with E-state index in [4.69, 9.17) is 0 Å². The Balaban J connectivity index is 2.44. The molecule has 1 aromatic rings. The SMILES string of the molecule is Cc1ccc(C)c(N2C(=O)C(C)NCCC2C)c1. The summed E-state index contributed by atoms with van der Waals surface area (Å²) in [5.41, 5.74) is 3.42. The molecule has 2 atom stereocenters. The Morgan fingerprint density at radius 2 is 2.00 bits per heavy atom. The van der Waals surface area contributed by atoms with Gasteiger partial charge in [-0.2, -0.15) is 0 Å². The van der Waals surface area contributed by atoms with Crippen LogP contribution in [0.1, 0.15) is 31.4 Å². The van der Waals surface area contributed by atoms with Crippen LogP contribution in [-0.2, 0) is 4.79 Å². The van der Waals surface area contributed by atoms with Crippen molar-refractivity contribution in [2.75, 3.05) is 11.4 Å². The molecule has 0 spiro atoms. The Morgan fingerprint density at radius 1 is 1.28 bits per heavy atom. The van der Waals surface area contributed by atoms with Gasteiger partial charge in [-0.3, -0.25) is 4.79 Å². The average molecular weight is 246 g/mol. The molecule has 1 aromatic carbocycles. The maximum atomic E-state index is 12.5. The van der Waals surface area contributed by atoms with E-state index >= 15 is 0 Å². The zero-order chi connectivity index (χ0) is 13.3. The lowest BCUT2D eigenvalue weighted by Crippen LogP contribution is -2.45. The van der Waals surface area contributed by atoms with Crippen molar-refractivity contribution in [2.45, 2.75) is 46.2 Å². The molecule has 0 bridgehead atoms. The van der Waals surface area contributed by atoms with Crippen molar-refractivity contribution in [3.05, 3.63) is 29.3 Å². The van der Waals surface area contributed by atoms with E-state index < -0.39 is 0 Å². The summed E-state index contributed by atoms with van der Waals surface area (Å²) in [6, 6.07) is 6.44. The summed E-state index contributed by atoms with van der Waals surface area (Å²) in [5.74, 6) is 0.175. The third-order valence-corrected chi connectivity index (χ3v) is 3.69. The predicted molar refractivity (Wildman–Crippen MR) is 74.9 cm³/mol. The minimum atomic E-state index is -0.102. The molecule has 0 saturated carbocycles. The number of nitrogens with zero attached hydrogens (tertiary/aromatic N) is 1. The molecule has 1 aliphatic rings. The van der Waals surface area contributed by atoms with Crippen LogP contribution in [0, 0.1) is 13.8 Å². The molecule has 0 radical (unpaired) electrons. The summed E-state index contributed by atoms with van der Waals surface area (Å²) in [5, 5.41) is 3.27. The molecule has 18 heavy (non-hydrogen) atoms. The van der Waals surface area contributed by atoms with Crippen LogP contribution < -0.4 is 10.2 Å². The van der Waals surface area contributed by atoms with Gasteiger partial charge in [0.2, 0.25) is 5.91 Å². The Hall–Kier alpha value is -1.35. The third-order valence-electron chi connectivity index (χ3n) is 3.69. The minimum absolute atomic E-state index is 0.102. The Morgan fingerprint density at radius 3 is 2.72 bits per heavy atom. The van der Waals surface area contributed by atoms with Gasteiger partial charge in [0, 0.05) is 11.7 Å². The van der Waals surface area contributed by atoms with Gasteiger partial charge < -0.3 is 10.2 Å². The van der Waals surface area contributed by atoms with Crippen molar-refractivity contribution in [3.8, 4) is 0 Å². The average Bonchev–Trinajstić information content (AvgIpc) is 2.44. The number of benzene rings is 1. The van der Waals surface area contributed by atoms with Crippen LogP contribution >= 0.6 is 0 Å². The predicted octanol–water partition coefficient (Wildman–Crippen LogP) is 2.41. The van der Waals surface area contributed by atoms with Crippen molar-refractivity contribution >= 4 is 11.6 Å². The molecule has 3 heteroatoms. The second-order valence-corrected chi connectivity index (χ2v) is 5.31. The highest BCUT2D eigenvalue weighted by Crippen LogP contribution is 2.26. The molecular formula is C15H22N2O. The lowest BCUT2D eigenvalue weighted by atomic mass is 10.1. The normalized spacial score (nSPS) is 25.1. The van der Waals surface area contributed by atoms with E-state index in [1.807, 2.05) is 11.8 Å². The summed E-state index contributed by atoms with van der Waals surface area (Å²) >= 11 is 0. The van der Waals surface area contributed by atoms with Crippen molar-refractivity contribution in [1.82, 2.24) is 5.32 Å². The number of hydrogen-bond donors (Lipinski definition) is 1. The van der Waals surface area contributed by atoms with Crippen LogP contribution in [0.2, 0.25) is 0 Å². The van der Waals surface area contributed by atoms with Gasteiger partial charge in [-0.15, -0.1) is 0 Å². The molecule has 1 N–H and O–H groups in total. The van der Waals surface area contributed by atoms with E-state index in [1.54, 1.807) is 0 Å². The van der Waals surface area contributed by atoms with E-state index in [9.17, 15) is 4.79 Å². The summed E-state index contributed by atoms with van der Waals surface area (Å²) in [4.78, 5) is 14.4. The van der Waals surface area contributed by atoms with Gasteiger partial charge in [0.05, 0.1) is 6.04 Å². The van der Waals surface area contributed by atoms with Gasteiger partial charge in [-0.1, -0.05) is 12.1 Å². The Bertz CT molecular complexity index is 456. The van der Waals surface area contributed by atoms with Gasteiger partial charge in [0.15, 0.2) is 0 Å². The summed E-state index contributed by atoms with van der Waals surface area (Å²) in [6.07, 6.45) is 0.990. The van der Waals surface area contributed by atoms with Gasteiger partial charge in [0.1, 0.15) is 0 Å². The minimum Gasteiger partial charge on any atom is -0.308 e. The first-order chi connectivity index (χ1) is 8.50. The first-order valence-corrected chi connectivity index (χ1v) is 6.64. The standard InChI is InChI=1S/C15H22N2O/c1-10-5-6-11(2)14(9-10)17-12(3)7-8-16-13(4)15(17)18/h5-6,9,12-13,16H,7-8H2,1-4H3. The zero-order valence-corrected chi connectivity index (χ0v) is 11.7. The van der Waals surface area contributed by atoms with Crippen LogP contribution in [0.4, 0.5) is 5.69 Å². The van der Waals surface area contributed by atoms with Crippen LogP contribution in [0.3, 0.4) is 0 Å². The number of nitrogens with one attached hydrogen (secondary N) is 1. The molecule has 1 saturated heterocycles. The number of aryl methyl sites for hydroxylation is 2. The molecule has 1 heterocycles. The fourth-order valence-corrected chi connectivity index (χ4v) is 2.49. The van der Waals surface area contributed by atoms with E-state index in [-0.39, 0.29) is 18.0 Å². The number of rotatable bonds is 1. The second-order valence-electron chi connectivity index (χ2n) is 5.31. The molecule has 3 nitrogen and oxygen atoms in total. The Labute approximate surface area is 109 Å². The van der Waals surface area contributed by atoms with Crippen LogP contribution in [0.5, 0.6) is 0 Å². The van der Waals surface area contributed by atoms with Gasteiger partial charge in [-0.05, 0) is 57.9 Å². The molecule has 1 aliphatic heterocycles. The quantitative estimate of drug-likeness (QED) is 0.825. The highest BCUT2D eigenvalue weighted by atomic mass is 16.2. The largest absolute Gasteiger partial charge is 0.308 e. The van der Waals surface area contributed by atoms with Crippen molar-refractivity contribution in [2.24, 2.45) is 0 Å². The van der Waals surface area contributed by atoms with Crippen molar-refractivity contribution in [3.63, 3.8) is 0 Å². The summed E-state index contributed by atoms with van der Waals surface area (Å²) in [6.45, 7) is 9.10. The van der Waals surface area contributed by atoms with Gasteiger partial charge in [0.25, 0.3) is 0 Å². The van der Waals surface area contributed by atoms with Crippen LogP contribution in [0.25, 0.3) is 0 Å². The molecular weight excluding hydrogens is 224 g/mol. The van der Waals surface area contributed by atoms with E-state index in [0.717, 1.165) is 24.2 Å². The molecule has 1 amide bonds. The smallest absolute Gasteiger partial charge is 0.244 e. The number of amides is 1. The molecule has 0 aliphatic carbocycles. The van der Waals surface area contributed by atoms with E-state index in [0.29, 0.717) is 0 Å². The topological polar surface area (TPSA) is 32.3 Å². The zero-order valence-electron chi connectivity index (χ0n) is 11.7. The first-order valence-electron chi connectivity index (χ1n) is 6.64. The highest BCUT2D eigenvalue weighted by Gasteiger charge is 2.29. The second kappa shape index (κ2) is 5.11. The Kier molecular flexibility index (Phi) is 3.71. The van der Waals surface area contributed by atoms with E-state index in [2.05, 4.69) is 44.3 Å². The van der Waals surface area contributed by atoms with Crippen LogP contribution in [-0.4, -0.2) is 24.5 Å². The fraction of sp³-hybridized carbons (Fsp3) is 0.533. The van der Waals surface area contributed by atoms with E-state index in [1.165, 1.54) is 5.56 Å². The van der Waals surface area contributed by atoms with Gasteiger partial charge >= 0.3 is 0 Å². The number of anilines is 1. The van der Waals surface area contributed by atoms with Crippen molar-refractivity contribution in [1.29, 1.82) is 0 Å². The number of carbonyl (C=O) groups is 1. The molecule has 98 valence electrons. The lowest BCUT2D eigenvalue weighted by Gasteiger charge is -2.30. The maximum Gasteiger partial charge on any atom is 0.244 e. The molecule has 0 aromatic heterocycles. The fourth-order valence-electron chi connectivity index (χ4n) is 2.49. The monoisotopic (exact) mass is 246 g/mol. The lowest BCUT2D eigenvalue weighted by molar-refractivity contribution is -0.120. The summed E-state index contributed by atoms with van der Waals surface area (Å²) < 4.78 is 0. The van der Waals surface area contributed by atoms with Gasteiger partial charge in [-0.25, -0.2) is 0 Å². The third kappa shape index (κ3) is 2.41. The molecule has 2 unspecified atom stereocenters. The summed E-state index contributed by atoms with van der Waals surface area (Å²) in [7, 11) is 0. The number of hydrogen-bond acceptors (Lipinski definition) is 2. The number of carbonyl (C=O) groups excluding carboxylic acids is 1. The molecule has 2 rings (SSSR count).